The first-order valence-electron chi connectivity index (χ1n) is 5.15. The lowest BCUT2D eigenvalue weighted by molar-refractivity contribution is 0.523. The molecule has 0 atom stereocenters. The first-order chi connectivity index (χ1) is 7.49. The fourth-order valence-corrected chi connectivity index (χ4v) is 1.23. The SMILES string of the molecule is Cc1cccc(C(=N)OC(N)=NC(C)C)c1. The van der Waals surface area contributed by atoms with E-state index in [2.05, 4.69) is 4.99 Å². The summed E-state index contributed by atoms with van der Waals surface area (Å²) in [7, 11) is 0. The van der Waals surface area contributed by atoms with E-state index >= 15 is 0 Å². The van der Waals surface area contributed by atoms with E-state index in [-0.39, 0.29) is 18.0 Å². The van der Waals surface area contributed by atoms with Gasteiger partial charge in [0, 0.05) is 11.6 Å². The highest BCUT2D eigenvalue weighted by Gasteiger charge is 2.05. The minimum atomic E-state index is 0.0191. The molecule has 86 valence electrons. The van der Waals surface area contributed by atoms with Crippen LogP contribution in [0.15, 0.2) is 29.3 Å². The average molecular weight is 219 g/mol. The molecule has 4 nitrogen and oxygen atoms in total. The number of hydrogen-bond donors (Lipinski definition) is 2. The minimum Gasteiger partial charge on any atom is -0.407 e. The third kappa shape index (κ3) is 3.73. The van der Waals surface area contributed by atoms with E-state index < -0.39 is 0 Å². The molecule has 0 aliphatic rings. The van der Waals surface area contributed by atoms with Gasteiger partial charge in [0.25, 0.3) is 6.02 Å². The number of nitrogens with one attached hydrogen (secondary N) is 1. The van der Waals surface area contributed by atoms with Crippen LogP contribution in [-0.2, 0) is 4.74 Å². The van der Waals surface area contributed by atoms with Crippen LogP contribution in [-0.4, -0.2) is 18.0 Å². The Hall–Kier alpha value is -1.84. The Morgan fingerprint density at radius 3 is 2.69 bits per heavy atom. The minimum absolute atomic E-state index is 0.0191. The van der Waals surface area contributed by atoms with Gasteiger partial charge in [0.2, 0.25) is 5.90 Å². The van der Waals surface area contributed by atoms with Crippen LogP contribution in [0.3, 0.4) is 0 Å². The van der Waals surface area contributed by atoms with Crippen LogP contribution >= 0.6 is 0 Å². The van der Waals surface area contributed by atoms with E-state index in [0.29, 0.717) is 5.56 Å². The first kappa shape index (κ1) is 12.2. The van der Waals surface area contributed by atoms with Gasteiger partial charge >= 0.3 is 0 Å². The van der Waals surface area contributed by atoms with Gasteiger partial charge in [0.15, 0.2) is 0 Å². The molecule has 0 aliphatic heterocycles. The highest BCUT2D eigenvalue weighted by atomic mass is 16.5. The molecule has 16 heavy (non-hydrogen) atoms. The lowest BCUT2D eigenvalue weighted by Gasteiger charge is -2.07. The van der Waals surface area contributed by atoms with Gasteiger partial charge in [-0.2, -0.15) is 0 Å². The maximum absolute atomic E-state index is 7.72. The summed E-state index contributed by atoms with van der Waals surface area (Å²) in [4.78, 5) is 4.00. The van der Waals surface area contributed by atoms with Gasteiger partial charge in [-0.3, -0.25) is 5.41 Å². The molecule has 0 aromatic heterocycles. The fraction of sp³-hybridized carbons (Fsp3) is 0.333. The van der Waals surface area contributed by atoms with Crippen LogP contribution in [0.25, 0.3) is 0 Å². The predicted octanol–water partition coefficient (Wildman–Crippen LogP) is 2.06. The zero-order valence-electron chi connectivity index (χ0n) is 9.82. The molecule has 1 aromatic carbocycles. The molecule has 0 radical (unpaired) electrons. The Morgan fingerprint density at radius 2 is 2.12 bits per heavy atom. The summed E-state index contributed by atoms with van der Waals surface area (Å²) in [5.74, 6) is 0.0191. The van der Waals surface area contributed by atoms with E-state index in [9.17, 15) is 0 Å². The van der Waals surface area contributed by atoms with Crippen LogP contribution in [0, 0.1) is 12.3 Å². The number of nitrogens with two attached hydrogens (primary N) is 1. The van der Waals surface area contributed by atoms with Crippen molar-refractivity contribution >= 4 is 11.9 Å². The summed E-state index contributed by atoms with van der Waals surface area (Å²) in [5, 5.41) is 7.72. The van der Waals surface area contributed by atoms with Gasteiger partial charge in [0.05, 0.1) is 0 Å². The van der Waals surface area contributed by atoms with E-state index in [0.717, 1.165) is 5.56 Å². The van der Waals surface area contributed by atoms with Gasteiger partial charge in [-0.15, -0.1) is 0 Å². The summed E-state index contributed by atoms with van der Waals surface area (Å²) < 4.78 is 5.11. The lowest BCUT2D eigenvalue weighted by Crippen LogP contribution is -2.22. The van der Waals surface area contributed by atoms with Crippen LogP contribution in [0.2, 0.25) is 0 Å². The molecule has 0 amide bonds. The Labute approximate surface area is 95.7 Å². The molecule has 1 aromatic rings. The molecule has 0 unspecified atom stereocenters. The van der Waals surface area contributed by atoms with Crippen LogP contribution < -0.4 is 5.73 Å². The third-order valence-corrected chi connectivity index (χ3v) is 1.87. The molecule has 4 heteroatoms. The summed E-state index contributed by atoms with van der Waals surface area (Å²) in [5.41, 5.74) is 7.31. The number of hydrogen-bond acceptors (Lipinski definition) is 3. The number of aryl methyl sites for hydroxylation is 1. The number of nitrogens with zero attached hydrogens (tertiary/aromatic N) is 1. The van der Waals surface area contributed by atoms with Gasteiger partial charge in [0.1, 0.15) is 0 Å². The van der Waals surface area contributed by atoms with Crippen LogP contribution in [0.5, 0.6) is 0 Å². The number of rotatable bonds is 2. The number of ether oxygens (including phenoxy) is 1. The molecule has 3 N–H and O–H groups in total. The second-order valence-electron chi connectivity index (χ2n) is 3.86. The molecule has 0 bridgehead atoms. The molecule has 0 fully saturated rings. The largest absolute Gasteiger partial charge is 0.407 e. The Morgan fingerprint density at radius 1 is 1.44 bits per heavy atom. The molecule has 0 spiro atoms. The first-order valence-corrected chi connectivity index (χ1v) is 5.15. The van der Waals surface area contributed by atoms with Gasteiger partial charge in [-0.05, 0) is 32.9 Å². The number of benzene rings is 1. The Balaban J connectivity index is 2.73. The monoisotopic (exact) mass is 219 g/mol. The molecule has 0 saturated heterocycles. The summed E-state index contributed by atoms with van der Waals surface area (Å²) in [6.45, 7) is 5.75. The fourth-order valence-electron chi connectivity index (χ4n) is 1.23. The molecule has 1 rings (SSSR count). The van der Waals surface area contributed by atoms with Crippen molar-refractivity contribution in [3.63, 3.8) is 0 Å². The van der Waals surface area contributed by atoms with Crippen molar-refractivity contribution in [1.82, 2.24) is 0 Å². The standard InChI is InChI=1S/C12H17N3O/c1-8(2)15-12(14)16-11(13)10-6-4-5-9(3)7-10/h4-8,13H,1-3H3,(H2,14,15). The lowest BCUT2D eigenvalue weighted by atomic mass is 10.1. The van der Waals surface area contributed by atoms with Gasteiger partial charge in [-0.1, -0.05) is 17.7 Å². The van der Waals surface area contributed by atoms with E-state index in [4.69, 9.17) is 15.9 Å². The average Bonchev–Trinajstić information content (AvgIpc) is 2.16. The van der Waals surface area contributed by atoms with Crippen LogP contribution in [0.4, 0.5) is 0 Å². The molecular formula is C12H17N3O. The second kappa shape index (κ2) is 5.30. The van der Waals surface area contributed by atoms with Crippen molar-refractivity contribution in [2.45, 2.75) is 26.8 Å². The summed E-state index contributed by atoms with van der Waals surface area (Å²) in [6, 6.07) is 7.59. The number of aliphatic imine (C=N–C) groups is 1. The van der Waals surface area contributed by atoms with Gasteiger partial charge in [-0.25, -0.2) is 4.99 Å². The summed E-state index contributed by atoms with van der Waals surface area (Å²) in [6.07, 6.45) is 0. The Kier molecular flexibility index (Phi) is 4.05. The summed E-state index contributed by atoms with van der Waals surface area (Å²) >= 11 is 0. The van der Waals surface area contributed by atoms with Crippen molar-refractivity contribution < 1.29 is 4.74 Å². The highest BCUT2D eigenvalue weighted by Crippen LogP contribution is 2.05. The van der Waals surface area contributed by atoms with Crippen molar-refractivity contribution in [3.8, 4) is 0 Å². The predicted molar refractivity (Wildman–Crippen MR) is 65.9 cm³/mol. The second-order valence-corrected chi connectivity index (χ2v) is 3.86. The van der Waals surface area contributed by atoms with Crippen molar-refractivity contribution in [2.24, 2.45) is 10.7 Å². The van der Waals surface area contributed by atoms with Gasteiger partial charge < -0.3 is 10.5 Å². The zero-order valence-corrected chi connectivity index (χ0v) is 9.82. The van der Waals surface area contributed by atoms with E-state index in [1.807, 2.05) is 39.0 Å². The third-order valence-electron chi connectivity index (χ3n) is 1.87. The smallest absolute Gasteiger partial charge is 0.289 e. The maximum atomic E-state index is 7.72. The normalized spacial score (nSPS) is 11.6. The van der Waals surface area contributed by atoms with Crippen LogP contribution in [0.1, 0.15) is 25.0 Å². The topological polar surface area (TPSA) is 71.5 Å². The molecule has 0 aliphatic carbocycles. The quantitative estimate of drug-likeness (QED) is 0.590. The van der Waals surface area contributed by atoms with Crippen molar-refractivity contribution in [2.75, 3.05) is 0 Å². The van der Waals surface area contributed by atoms with E-state index in [1.165, 1.54) is 0 Å². The Bertz CT molecular complexity index is 410. The van der Waals surface area contributed by atoms with Crippen molar-refractivity contribution in [3.05, 3.63) is 35.4 Å². The zero-order chi connectivity index (χ0) is 12.1. The highest BCUT2D eigenvalue weighted by molar-refractivity contribution is 5.99. The van der Waals surface area contributed by atoms with Crippen molar-refractivity contribution in [1.29, 1.82) is 5.41 Å². The molecule has 0 saturated carbocycles. The van der Waals surface area contributed by atoms with E-state index in [1.54, 1.807) is 6.07 Å². The molecular weight excluding hydrogens is 202 g/mol. The maximum Gasteiger partial charge on any atom is 0.289 e. The molecule has 0 heterocycles. The number of amidine groups is 1.